The van der Waals surface area contributed by atoms with E-state index in [9.17, 15) is 8.78 Å². The van der Waals surface area contributed by atoms with Crippen LogP contribution in [0, 0.1) is 17.8 Å². The number of hydrogen-bond acceptors (Lipinski definition) is 6. The van der Waals surface area contributed by atoms with E-state index >= 15 is 0 Å². The number of hydrazine groups is 1. The van der Waals surface area contributed by atoms with Crippen LogP contribution in [0.1, 0.15) is 51.1 Å². The van der Waals surface area contributed by atoms with Gasteiger partial charge in [0, 0.05) is 68.2 Å². The molecule has 0 spiro atoms. The van der Waals surface area contributed by atoms with Gasteiger partial charge in [-0.3, -0.25) is 25.0 Å². The molecule has 7 atom stereocenters. The van der Waals surface area contributed by atoms with Crippen LogP contribution in [0.2, 0.25) is 0 Å². The van der Waals surface area contributed by atoms with E-state index in [0.717, 1.165) is 56.9 Å². The second-order valence-electron chi connectivity index (χ2n) is 11.3. The molecule has 8 heteroatoms. The van der Waals surface area contributed by atoms with Crippen molar-refractivity contribution in [3.8, 4) is 5.75 Å². The summed E-state index contributed by atoms with van der Waals surface area (Å²) in [4.78, 5) is 4.70. The average molecular weight is 492 g/mol. The number of benzene rings is 1. The van der Waals surface area contributed by atoms with Gasteiger partial charge in [-0.1, -0.05) is 6.07 Å². The number of nitrogens with one attached hydrogen (secondary N) is 3. The zero-order chi connectivity index (χ0) is 24.5. The monoisotopic (exact) mass is 491 g/mol. The van der Waals surface area contributed by atoms with Crippen molar-refractivity contribution in [2.24, 2.45) is 17.8 Å². The highest BCUT2D eigenvalue weighted by atomic mass is 19.1. The van der Waals surface area contributed by atoms with E-state index in [-0.39, 0.29) is 12.7 Å². The van der Waals surface area contributed by atoms with Crippen LogP contribution in [0.25, 0.3) is 0 Å². The molecule has 4 aliphatic rings. The molecule has 6 nitrogen and oxygen atoms in total. The third-order valence-electron chi connectivity index (χ3n) is 8.95. The first kappa shape index (κ1) is 25.2. The Morgan fingerprint density at radius 3 is 2.77 bits per heavy atom. The van der Waals surface area contributed by atoms with Crippen LogP contribution in [0.3, 0.4) is 0 Å². The molecule has 0 bridgehead atoms. The van der Waals surface area contributed by atoms with Crippen LogP contribution in [-0.4, -0.2) is 80.6 Å². The standard InChI is InChI=1S/C27H43F2N5O/c1-17(29)14-34-18(2)11-23-21(7-8-25-24(23)13-30-32-25)27(34)22-6-5-19(12-26(22)35-3)31-20-15-33(16-20)10-4-9-28/h5-6,12,17-18,20-21,23-25,27,30-32H,4,7-11,13-16H2,1-3H3/t17?,18-,21?,23?,24?,25?,27+/m1/s1. The molecule has 5 rings (SSSR count). The van der Waals surface area contributed by atoms with Crippen LogP contribution >= 0.6 is 0 Å². The third-order valence-corrected chi connectivity index (χ3v) is 8.95. The molecule has 3 aliphatic heterocycles. The Hall–Kier alpha value is -1.48. The van der Waals surface area contributed by atoms with E-state index < -0.39 is 6.17 Å². The number of anilines is 1. The first-order valence-corrected chi connectivity index (χ1v) is 13.6. The normalized spacial score (nSPS) is 34.7. The lowest BCUT2D eigenvalue weighted by atomic mass is 9.61. The summed E-state index contributed by atoms with van der Waals surface area (Å²) in [5, 5.41) is 3.62. The molecule has 3 heterocycles. The fourth-order valence-corrected chi connectivity index (χ4v) is 7.39. The predicted octanol–water partition coefficient (Wildman–Crippen LogP) is 3.76. The number of piperidine rings is 1. The van der Waals surface area contributed by atoms with Crippen LogP contribution in [-0.2, 0) is 0 Å². The molecule has 1 aromatic carbocycles. The lowest BCUT2D eigenvalue weighted by Gasteiger charge is -2.54. The van der Waals surface area contributed by atoms with E-state index in [4.69, 9.17) is 4.74 Å². The van der Waals surface area contributed by atoms with Crippen molar-refractivity contribution in [3.05, 3.63) is 23.8 Å². The number of nitrogens with zero attached hydrogens (tertiary/aromatic N) is 2. The summed E-state index contributed by atoms with van der Waals surface area (Å²) in [6, 6.07) is 7.92. The summed E-state index contributed by atoms with van der Waals surface area (Å²) >= 11 is 0. The zero-order valence-corrected chi connectivity index (χ0v) is 21.5. The van der Waals surface area contributed by atoms with Crippen molar-refractivity contribution in [1.82, 2.24) is 20.7 Å². The van der Waals surface area contributed by atoms with Gasteiger partial charge in [-0.25, -0.2) is 4.39 Å². The Labute approximate surface area is 209 Å². The van der Waals surface area contributed by atoms with Crippen LogP contribution < -0.4 is 20.9 Å². The van der Waals surface area contributed by atoms with E-state index in [1.807, 2.05) is 0 Å². The Balaban J connectivity index is 1.38. The maximum atomic E-state index is 14.4. The summed E-state index contributed by atoms with van der Waals surface area (Å²) in [7, 11) is 1.75. The van der Waals surface area contributed by atoms with Gasteiger partial charge in [-0.05, 0) is 63.4 Å². The van der Waals surface area contributed by atoms with Gasteiger partial charge in [0.25, 0.3) is 0 Å². The Morgan fingerprint density at radius 2 is 2.03 bits per heavy atom. The number of ether oxygens (including phenoxy) is 1. The lowest BCUT2D eigenvalue weighted by Crippen LogP contribution is -2.55. The molecule has 4 fully saturated rings. The quantitative estimate of drug-likeness (QED) is 0.489. The van der Waals surface area contributed by atoms with Crippen LogP contribution in [0.15, 0.2) is 18.2 Å². The van der Waals surface area contributed by atoms with Crippen molar-refractivity contribution in [3.63, 3.8) is 0 Å². The minimum absolute atomic E-state index is 0.160. The summed E-state index contributed by atoms with van der Waals surface area (Å²) in [6.07, 6.45) is 3.17. The summed E-state index contributed by atoms with van der Waals surface area (Å²) in [5.41, 5.74) is 9.15. The summed E-state index contributed by atoms with van der Waals surface area (Å²) in [6.45, 7) is 7.90. The number of alkyl halides is 2. The second-order valence-corrected chi connectivity index (χ2v) is 11.3. The maximum Gasteiger partial charge on any atom is 0.125 e. The maximum absolute atomic E-state index is 14.4. The number of halogens is 2. The molecule has 1 aliphatic carbocycles. The minimum Gasteiger partial charge on any atom is -0.496 e. The first-order valence-electron chi connectivity index (χ1n) is 13.6. The van der Waals surface area contributed by atoms with Crippen LogP contribution in [0.4, 0.5) is 14.5 Å². The largest absolute Gasteiger partial charge is 0.496 e. The Bertz CT molecular complexity index is 851. The number of rotatable bonds is 9. The molecule has 0 amide bonds. The summed E-state index contributed by atoms with van der Waals surface area (Å²) < 4.78 is 32.8. The van der Waals surface area contributed by atoms with Gasteiger partial charge in [-0.2, -0.15) is 0 Å². The molecular weight excluding hydrogens is 448 g/mol. The predicted molar refractivity (Wildman–Crippen MR) is 136 cm³/mol. The number of hydrogen-bond donors (Lipinski definition) is 3. The van der Waals surface area contributed by atoms with Gasteiger partial charge in [0.1, 0.15) is 11.9 Å². The van der Waals surface area contributed by atoms with Gasteiger partial charge in [0.15, 0.2) is 0 Å². The van der Waals surface area contributed by atoms with Crippen molar-refractivity contribution in [1.29, 1.82) is 0 Å². The Morgan fingerprint density at radius 1 is 1.20 bits per heavy atom. The van der Waals surface area contributed by atoms with Crippen molar-refractivity contribution in [2.75, 3.05) is 51.8 Å². The molecule has 1 aromatic rings. The van der Waals surface area contributed by atoms with Gasteiger partial charge in [0.05, 0.1) is 19.8 Å². The number of likely N-dealkylation sites (tertiary alicyclic amines) is 2. The minimum atomic E-state index is -0.867. The molecule has 196 valence electrons. The lowest BCUT2D eigenvalue weighted by molar-refractivity contribution is -0.0468. The fourth-order valence-electron chi connectivity index (χ4n) is 7.39. The average Bonchev–Trinajstić information content (AvgIpc) is 3.30. The van der Waals surface area contributed by atoms with Crippen molar-refractivity contribution < 1.29 is 13.5 Å². The number of methoxy groups -OCH3 is 1. The van der Waals surface area contributed by atoms with Crippen LogP contribution in [0.5, 0.6) is 5.75 Å². The van der Waals surface area contributed by atoms with E-state index in [2.05, 4.69) is 51.1 Å². The molecule has 1 saturated carbocycles. The summed E-state index contributed by atoms with van der Waals surface area (Å²) in [5.74, 6) is 2.64. The molecule has 3 N–H and O–H groups in total. The molecular formula is C27H43F2N5O. The smallest absolute Gasteiger partial charge is 0.125 e. The fraction of sp³-hybridized carbons (Fsp3) is 0.778. The van der Waals surface area contributed by atoms with Crippen molar-refractivity contribution >= 4 is 5.69 Å². The second kappa shape index (κ2) is 10.9. The molecule has 3 saturated heterocycles. The topological polar surface area (TPSA) is 51.8 Å². The number of fused-ring (bicyclic) bond motifs is 3. The highest BCUT2D eigenvalue weighted by Gasteiger charge is 2.51. The van der Waals surface area contributed by atoms with Gasteiger partial charge >= 0.3 is 0 Å². The highest BCUT2D eigenvalue weighted by molar-refractivity contribution is 5.54. The van der Waals surface area contributed by atoms with E-state index in [1.165, 1.54) is 5.56 Å². The van der Waals surface area contributed by atoms with Gasteiger partial charge in [0.2, 0.25) is 0 Å². The van der Waals surface area contributed by atoms with Gasteiger partial charge < -0.3 is 10.1 Å². The molecule has 0 aromatic heterocycles. The Kier molecular flexibility index (Phi) is 7.82. The first-order chi connectivity index (χ1) is 17.0. The third kappa shape index (κ3) is 5.17. The zero-order valence-electron chi connectivity index (χ0n) is 21.5. The van der Waals surface area contributed by atoms with E-state index in [0.29, 0.717) is 48.8 Å². The van der Waals surface area contributed by atoms with E-state index in [1.54, 1.807) is 14.0 Å². The highest BCUT2D eigenvalue weighted by Crippen LogP contribution is 2.53. The molecule has 0 radical (unpaired) electrons. The molecule has 35 heavy (non-hydrogen) atoms. The van der Waals surface area contributed by atoms with Crippen molar-refractivity contribution in [2.45, 2.75) is 69.9 Å². The molecule has 5 unspecified atom stereocenters. The SMILES string of the molecule is COc1cc(NC2CN(CCCF)C2)ccc1[C@@H]1C2CCC3NNCC3C2C[C@@H](C)N1CC(C)F. The van der Waals surface area contributed by atoms with Gasteiger partial charge in [-0.15, -0.1) is 0 Å².